The van der Waals surface area contributed by atoms with Gasteiger partial charge in [-0.2, -0.15) is 0 Å². The zero-order valence-electron chi connectivity index (χ0n) is 10.6. The lowest BCUT2D eigenvalue weighted by molar-refractivity contribution is -0.0175. The van der Waals surface area contributed by atoms with Gasteiger partial charge in [0.15, 0.2) is 0 Å². The molecule has 0 aromatic carbocycles. The summed E-state index contributed by atoms with van der Waals surface area (Å²) < 4.78 is 11.4. The van der Waals surface area contributed by atoms with Crippen molar-refractivity contribution in [3.8, 4) is 0 Å². The summed E-state index contributed by atoms with van der Waals surface area (Å²) in [6, 6.07) is 0.201. The van der Waals surface area contributed by atoms with Crippen molar-refractivity contribution in [1.29, 1.82) is 0 Å². The van der Waals surface area contributed by atoms with Crippen LogP contribution in [-0.2, 0) is 9.47 Å². The standard InChI is InChI=1S/C13H25NO2/c1-13(2)6-3-11(12(13)14)16-9-10-4-7-15-8-5-10/h10-12H,3-9,14H2,1-2H3. The molecule has 0 spiro atoms. The molecule has 2 rings (SSSR count). The molecule has 2 N–H and O–H groups in total. The van der Waals surface area contributed by atoms with Crippen molar-refractivity contribution < 1.29 is 9.47 Å². The molecular weight excluding hydrogens is 202 g/mol. The molecule has 2 aliphatic rings. The van der Waals surface area contributed by atoms with E-state index in [2.05, 4.69) is 13.8 Å². The maximum Gasteiger partial charge on any atom is 0.0731 e. The smallest absolute Gasteiger partial charge is 0.0731 e. The second kappa shape index (κ2) is 5.03. The minimum absolute atomic E-state index is 0.201. The van der Waals surface area contributed by atoms with E-state index >= 15 is 0 Å². The summed E-state index contributed by atoms with van der Waals surface area (Å²) in [5, 5.41) is 0. The number of hydrogen-bond acceptors (Lipinski definition) is 3. The molecule has 1 saturated carbocycles. The van der Waals surface area contributed by atoms with Crippen LogP contribution in [0.3, 0.4) is 0 Å². The molecule has 1 heterocycles. The van der Waals surface area contributed by atoms with Gasteiger partial charge >= 0.3 is 0 Å². The van der Waals surface area contributed by atoms with Gasteiger partial charge in [0.05, 0.1) is 12.7 Å². The molecule has 2 fully saturated rings. The molecule has 1 aliphatic heterocycles. The van der Waals surface area contributed by atoms with Crippen LogP contribution in [0.25, 0.3) is 0 Å². The molecule has 3 heteroatoms. The first-order chi connectivity index (χ1) is 7.59. The lowest BCUT2D eigenvalue weighted by Gasteiger charge is -2.28. The highest BCUT2D eigenvalue weighted by Gasteiger charge is 2.40. The topological polar surface area (TPSA) is 44.5 Å². The highest BCUT2D eigenvalue weighted by atomic mass is 16.5. The highest BCUT2D eigenvalue weighted by Crippen LogP contribution is 2.37. The number of hydrogen-bond donors (Lipinski definition) is 1. The molecule has 0 amide bonds. The van der Waals surface area contributed by atoms with Gasteiger partial charge < -0.3 is 15.2 Å². The van der Waals surface area contributed by atoms with Crippen molar-refractivity contribution in [2.75, 3.05) is 19.8 Å². The van der Waals surface area contributed by atoms with E-state index in [-0.39, 0.29) is 17.6 Å². The summed E-state index contributed by atoms with van der Waals surface area (Å²) in [4.78, 5) is 0. The van der Waals surface area contributed by atoms with Crippen LogP contribution in [-0.4, -0.2) is 32.0 Å². The Bertz CT molecular complexity index is 224. The Labute approximate surface area is 98.7 Å². The third-order valence-corrected chi connectivity index (χ3v) is 4.26. The Morgan fingerprint density at radius 3 is 2.50 bits per heavy atom. The van der Waals surface area contributed by atoms with E-state index in [9.17, 15) is 0 Å². The monoisotopic (exact) mass is 227 g/mol. The molecule has 1 saturated heterocycles. The normalized spacial score (nSPS) is 35.4. The third-order valence-electron chi connectivity index (χ3n) is 4.26. The van der Waals surface area contributed by atoms with Crippen molar-refractivity contribution in [2.24, 2.45) is 17.1 Å². The zero-order chi connectivity index (χ0) is 11.6. The second-order valence-corrected chi connectivity index (χ2v) is 5.98. The molecule has 94 valence electrons. The fourth-order valence-corrected chi connectivity index (χ4v) is 2.72. The lowest BCUT2D eigenvalue weighted by atomic mass is 9.87. The first-order valence-electron chi connectivity index (χ1n) is 6.54. The summed E-state index contributed by atoms with van der Waals surface area (Å²) in [6.07, 6.45) is 4.87. The van der Waals surface area contributed by atoms with Crippen molar-refractivity contribution in [3.63, 3.8) is 0 Å². The maximum absolute atomic E-state index is 6.22. The van der Waals surface area contributed by atoms with Gasteiger partial charge in [-0.3, -0.25) is 0 Å². The van der Waals surface area contributed by atoms with E-state index in [1.807, 2.05) is 0 Å². The molecule has 16 heavy (non-hydrogen) atoms. The van der Waals surface area contributed by atoms with Gasteiger partial charge in [0.2, 0.25) is 0 Å². The van der Waals surface area contributed by atoms with Crippen LogP contribution in [0.1, 0.15) is 39.5 Å². The van der Waals surface area contributed by atoms with Crippen LogP contribution in [0.2, 0.25) is 0 Å². The summed E-state index contributed by atoms with van der Waals surface area (Å²) >= 11 is 0. The fraction of sp³-hybridized carbons (Fsp3) is 1.00. The van der Waals surface area contributed by atoms with Gasteiger partial charge in [-0.1, -0.05) is 13.8 Å². The molecule has 0 bridgehead atoms. The minimum atomic E-state index is 0.201. The Morgan fingerprint density at radius 2 is 1.94 bits per heavy atom. The fourth-order valence-electron chi connectivity index (χ4n) is 2.72. The molecule has 3 nitrogen and oxygen atoms in total. The summed E-state index contributed by atoms with van der Waals surface area (Å²) in [7, 11) is 0. The molecule has 0 aromatic heterocycles. The Morgan fingerprint density at radius 1 is 1.25 bits per heavy atom. The molecule has 0 radical (unpaired) electrons. The summed E-state index contributed by atoms with van der Waals surface area (Å²) in [6.45, 7) is 7.16. The summed E-state index contributed by atoms with van der Waals surface area (Å²) in [5.41, 5.74) is 6.47. The van der Waals surface area contributed by atoms with E-state index in [1.54, 1.807) is 0 Å². The van der Waals surface area contributed by atoms with E-state index in [0.717, 1.165) is 39.1 Å². The van der Waals surface area contributed by atoms with E-state index in [1.165, 1.54) is 6.42 Å². The molecule has 1 aliphatic carbocycles. The molecule has 2 unspecified atom stereocenters. The van der Waals surface area contributed by atoms with Crippen molar-refractivity contribution in [2.45, 2.75) is 51.7 Å². The Kier molecular flexibility index (Phi) is 3.88. The van der Waals surface area contributed by atoms with Crippen LogP contribution < -0.4 is 5.73 Å². The van der Waals surface area contributed by atoms with Gasteiger partial charge in [-0.05, 0) is 37.0 Å². The van der Waals surface area contributed by atoms with Crippen molar-refractivity contribution in [1.82, 2.24) is 0 Å². The van der Waals surface area contributed by atoms with E-state index < -0.39 is 0 Å². The van der Waals surface area contributed by atoms with Gasteiger partial charge in [0, 0.05) is 19.3 Å². The summed E-state index contributed by atoms with van der Waals surface area (Å²) in [5.74, 6) is 0.685. The van der Waals surface area contributed by atoms with Crippen LogP contribution in [0, 0.1) is 11.3 Å². The van der Waals surface area contributed by atoms with Gasteiger partial charge in [0.25, 0.3) is 0 Å². The van der Waals surface area contributed by atoms with Crippen LogP contribution in [0.15, 0.2) is 0 Å². The number of nitrogens with two attached hydrogens (primary N) is 1. The van der Waals surface area contributed by atoms with Gasteiger partial charge in [0.1, 0.15) is 0 Å². The quantitative estimate of drug-likeness (QED) is 0.801. The van der Waals surface area contributed by atoms with E-state index in [0.29, 0.717) is 5.92 Å². The average Bonchev–Trinajstić information content (AvgIpc) is 2.54. The van der Waals surface area contributed by atoms with E-state index in [4.69, 9.17) is 15.2 Å². The minimum Gasteiger partial charge on any atom is -0.381 e. The largest absolute Gasteiger partial charge is 0.381 e. The maximum atomic E-state index is 6.22. The van der Waals surface area contributed by atoms with Crippen molar-refractivity contribution >= 4 is 0 Å². The predicted molar refractivity (Wildman–Crippen MR) is 64.3 cm³/mol. The molecular formula is C13H25NO2. The second-order valence-electron chi connectivity index (χ2n) is 5.98. The first kappa shape index (κ1) is 12.3. The number of ether oxygens (including phenoxy) is 2. The van der Waals surface area contributed by atoms with Crippen molar-refractivity contribution in [3.05, 3.63) is 0 Å². The highest BCUT2D eigenvalue weighted by molar-refractivity contribution is 4.95. The lowest BCUT2D eigenvalue weighted by Crippen LogP contribution is -2.41. The first-order valence-corrected chi connectivity index (χ1v) is 6.54. The Hall–Kier alpha value is -0.120. The van der Waals surface area contributed by atoms with Crippen LogP contribution >= 0.6 is 0 Å². The van der Waals surface area contributed by atoms with Gasteiger partial charge in [-0.25, -0.2) is 0 Å². The number of rotatable bonds is 3. The third kappa shape index (κ3) is 2.76. The molecule has 2 atom stereocenters. The average molecular weight is 227 g/mol. The molecule has 0 aromatic rings. The SMILES string of the molecule is CC1(C)CCC(OCC2CCOCC2)C1N. The van der Waals surface area contributed by atoms with Crippen LogP contribution in [0.4, 0.5) is 0 Å². The zero-order valence-corrected chi connectivity index (χ0v) is 10.6. The van der Waals surface area contributed by atoms with Gasteiger partial charge in [-0.15, -0.1) is 0 Å². The van der Waals surface area contributed by atoms with Crippen LogP contribution in [0.5, 0.6) is 0 Å². The predicted octanol–water partition coefficient (Wildman–Crippen LogP) is 1.95. The Balaban J connectivity index is 1.74.